The van der Waals surface area contributed by atoms with E-state index < -0.39 is 0 Å². The standard InChI is InChI=1S/C9H12ClN3O2/c1-5(3-14)11-9-7(4-15)8(10)12-6(2)13-9/h4-5,14H,3H2,1-2H3,(H,11,12,13). The highest BCUT2D eigenvalue weighted by molar-refractivity contribution is 6.32. The molecular formula is C9H12ClN3O2. The number of aryl methyl sites for hydroxylation is 1. The van der Waals surface area contributed by atoms with Crippen LogP contribution in [-0.2, 0) is 0 Å². The maximum atomic E-state index is 10.8. The predicted molar refractivity (Wildman–Crippen MR) is 57.3 cm³/mol. The molecule has 0 saturated heterocycles. The second-order valence-electron chi connectivity index (χ2n) is 3.17. The first-order valence-electron chi connectivity index (χ1n) is 4.45. The molecule has 1 aromatic heterocycles. The zero-order valence-corrected chi connectivity index (χ0v) is 9.25. The van der Waals surface area contributed by atoms with Gasteiger partial charge in [-0.05, 0) is 13.8 Å². The number of halogens is 1. The summed E-state index contributed by atoms with van der Waals surface area (Å²) < 4.78 is 0. The molecule has 1 atom stereocenters. The fourth-order valence-electron chi connectivity index (χ4n) is 1.04. The molecule has 1 aromatic rings. The number of rotatable bonds is 4. The highest BCUT2D eigenvalue weighted by Gasteiger charge is 2.12. The van der Waals surface area contributed by atoms with Crippen LogP contribution >= 0.6 is 11.6 Å². The summed E-state index contributed by atoms with van der Waals surface area (Å²) in [5, 5.41) is 11.9. The molecule has 2 N–H and O–H groups in total. The van der Waals surface area contributed by atoms with Gasteiger partial charge in [-0.1, -0.05) is 11.6 Å². The Bertz CT molecular complexity index is 371. The number of hydrogen-bond acceptors (Lipinski definition) is 5. The van der Waals surface area contributed by atoms with E-state index in [1.807, 2.05) is 0 Å². The molecule has 0 aromatic carbocycles. The van der Waals surface area contributed by atoms with Crippen LogP contribution in [0.1, 0.15) is 23.1 Å². The minimum Gasteiger partial charge on any atom is -0.394 e. The molecular weight excluding hydrogens is 218 g/mol. The van der Waals surface area contributed by atoms with Crippen LogP contribution in [0.15, 0.2) is 0 Å². The van der Waals surface area contributed by atoms with Gasteiger partial charge in [-0.3, -0.25) is 4.79 Å². The van der Waals surface area contributed by atoms with Gasteiger partial charge in [0.1, 0.15) is 16.8 Å². The minimum atomic E-state index is -0.200. The van der Waals surface area contributed by atoms with Crippen LogP contribution in [0.3, 0.4) is 0 Å². The van der Waals surface area contributed by atoms with Gasteiger partial charge >= 0.3 is 0 Å². The van der Waals surface area contributed by atoms with Crippen molar-refractivity contribution in [2.45, 2.75) is 19.9 Å². The van der Waals surface area contributed by atoms with Crippen LogP contribution in [0, 0.1) is 6.92 Å². The number of aliphatic hydroxyl groups is 1. The largest absolute Gasteiger partial charge is 0.394 e. The van der Waals surface area contributed by atoms with Crippen molar-refractivity contribution in [2.24, 2.45) is 0 Å². The van der Waals surface area contributed by atoms with Gasteiger partial charge in [-0.25, -0.2) is 9.97 Å². The van der Waals surface area contributed by atoms with Gasteiger partial charge in [0.2, 0.25) is 0 Å². The van der Waals surface area contributed by atoms with Crippen molar-refractivity contribution in [2.75, 3.05) is 11.9 Å². The van der Waals surface area contributed by atoms with E-state index in [2.05, 4.69) is 15.3 Å². The number of hydrogen-bond donors (Lipinski definition) is 2. The molecule has 0 spiro atoms. The molecule has 0 aliphatic carbocycles. The van der Waals surface area contributed by atoms with E-state index >= 15 is 0 Å². The Balaban J connectivity index is 3.09. The molecule has 5 nitrogen and oxygen atoms in total. The SMILES string of the molecule is Cc1nc(Cl)c(C=O)c(NC(C)CO)n1. The molecule has 15 heavy (non-hydrogen) atoms. The van der Waals surface area contributed by atoms with E-state index in [1.165, 1.54) is 0 Å². The van der Waals surface area contributed by atoms with Crippen molar-refractivity contribution in [3.05, 3.63) is 16.5 Å². The molecule has 0 radical (unpaired) electrons. The van der Waals surface area contributed by atoms with Crippen LogP contribution in [0.4, 0.5) is 5.82 Å². The first-order chi connectivity index (χ1) is 7.08. The summed E-state index contributed by atoms with van der Waals surface area (Å²) in [6, 6.07) is -0.200. The monoisotopic (exact) mass is 229 g/mol. The van der Waals surface area contributed by atoms with Crippen molar-refractivity contribution in [1.82, 2.24) is 9.97 Å². The summed E-state index contributed by atoms with van der Waals surface area (Å²) in [7, 11) is 0. The topological polar surface area (TPSA) is 75.1 Å². The van der Waals surface area contributed by atoms with Crippen molar-refractivity contribution in [3.8, 4) is 0 Å². The molecule has 0 fully saturated rings. The Kier molecular flexibility index (Phi) is 3.99. The van der Waals surface area contributed by atoms with Crippen molar-refractivity contribution < 1.29 is 9.90 Å². The lowest BCUT2D eigenvalue weighted by Crippen LogP contribution is -2.21. The third-order valence-electron chi connectivity index (χ3n) is 1.79. The first-order valence-corrected chi connectivity index (χ1v) is 4.83. The lowest BCUT2D eigenvalue weighted by atomic mass is 10.3. The van der Waals surface area contributed by atoms with E-state index in [9.17, 15) is 4.79 Å². The van der Waals surface area contributed by atoms with Gasteiger partial charge in [0.25, 0.3) is 0 Å². The van der Waals surface area contributed by atoms with E-state index in [0.29, 0.717) is 17.9 Å². The van der Waals surface area contributed by atoms with Gasteiger partial charge in [0.05, 0.1) is 12.2 Å². The minimum absolute atomic E-state index is 0.0566. The Hall–Kier alpha value is -1.20. The summed E-state index contributed by atoms with van der Waals surface area (Å²) in [6.45, 7) is 3.38. The highest BCUT2D eigenvalue weighted by atomic mass is 35.5. The lowest BCUT2D eigenvalue weighted by molar-refractivity contribution is 0.112. The number of nitrogens with zero attached hydrogens (tertiary/aromatic N) is 2. The molecule has 0 aliphatic rings. The van der Waals surface area contributed by atoms with Crippen LogP contribution in [0.25, 0.3) is 0 Å². The van der Waals surface area contributed by atoms with Crippen molar-refractivity contribution in [3.63, 3.8) is 0 Å². The summed E-state index contributed by atoms with van der Waals surface area (Å²) in [4.78, 5) is 18.7. The van der Waals surface area contributed by atoms with E-state index in [0.717, 1.165) is 0 Å². The number of aliphatic hydroxyl groups excluding tert-OH is 1. The smallest absolute Gasteiger partial charge is 0.156 e. The zero-order valence-electron chi connectivity index (χ0n) is 8.49. The normalized spacial score (nSPS) is 12.3. The summed E-state index contributed by atoms with van der Waals surface area (Å²) in [5.74, 6) is 0.822. The molecule has 82 valence electrons. The van der Waals surface area contributed by atoms with Crippen LogP contribution in [0.5, 0.6) is 0 Å². The van der Waals surface area contributed by atoms with E-state index in [1.54, 1.807) is 13.8 Å². The lowest BCUT2D eigenvalue weighted by Gasteiger charge is -2.13. The summed E-state index contributed by atoms with van der Waals surface area (Å²) in [6.07, 6.45) is 0.591. The molecule has 1 unspecified atom stereocenters. The van der Waals surface area contributed by atoms with Gasteiger partial charge in [0, 0.05) is 6.04 Å². The molecule has 0 amide bonds. The molecule has 0 bridgehead atoms. The first kappa shape index (κ1) is 11.9. The molecule has 6 heteroatoms. The molecule has 0 saturated carbocycles. The van der Waals surface area contributed by atoms with Gasteiger partial charge in [-0.2, -0.15) is 0 Å². The zero-order chi connectivity index (χ0) is 11.4. The Labute approximate surface area is 92.5 Å². The van der Waals surface area contributed by atoms with Gasteiger partial charge in [-0.15, -0.1) is 0 Å². The predicted octanol–water partition coefficient (Wildman–Crippen LogP) is 1.04. The maximum absolute atomic E-state index is 10.8. The second-order valence-corrected chi connectivity index (χ2v) is 3.53. The second kappa shape index (κ2) is 5.04. The number of anilines is 1. The maximum Gasteiger partial charge on any atom is 0.156 e. The summed E-state index contributed by atoms with van der Waals surface area (Å²) in [5.41, 5.74) is 0.211. The quantitative estimate of drug-likeness (QED) is 0.596. The molecule has 1 heterocycles. The summed E-state index contributed by atoms with van der Waals surface area (Å²) >= 11 is 5.78. The van der Waals surface area contributed by atoms with Crippen LogP contribution in [0.2, 0.25) is 5.15 Å². The molecule has 0 aliphatic heterocycles. The third-order valence-corrected chi connectivity index (χ3v) is 2.07. The average molecular weight is 230 g/mol. The van der Waals surface area contributed by atoms with Gasteiger partial charge in [0.15, 0.2) is 6.29 Å². The fourth-order valence-corrected chi connectivity index (χ4v) is 1.30. The Morgan fingerprint density at radius 2 is 2.27 bits per heavy atom. The average Bonchev–Trinajstić information content (AvgIpc) is 2.17. The van der Waals surface area contributed by atoms with Crippen LogP contribution in [-0.4, -0.2) is 34.0 Å². The fraction of sp³-hybridized carbons (Fsp3) is 0.444. The van der Waals surface area contributed by atoms with Crippen molar-refractivity contribution >= 4 is 23.7 Å². The number of aldehydes is 1. The van der Waals surface area contributed by atoms with E-state index in [-0.39, 0.29) is 23.4 Å². The molecule has 1 rings (SSSR count). The number of carbonyl (C=O) groups excluding carboxylic acids is 1. The Morgan fingerprint density at radius 1 is 1.60 bits per heavy atom. The Morgan fingerprint density at radius 3 is 2.80 bits per heavy atom. The van der Waals surface area contributed by atoms with Crippen molar-refractivity contribution in [1.29, 1.82) is 0 Å². The van der Waals surface area contributed by atoms with E-state index in [4.69, 9.17) is 16.7 Å². The number of carbonyl (C=O) groups is 1. The third kappa shape index (κ3) is 2.87. The number of nitrogens with one attached hydrogen (secondary N) is 1. The highest BCUT2D eigenvalue weighted by Crippen LogP contribution is 2.19. The van der Waals surface area contributed by atoms with Gasteiger partial charge < -0.3 is 10.4 Å². The van der Waals surface area contributed by atoms with Crippen LogP contribution < -0.4 is 5.32 Å². The number of aromatic nitrogens is 2.